The van der Waals surface area contributed by atoms with Crippen molar-refractivity contribution in [2.24, 2.45) is 0 Å². The van der Waals surface area contributed by atoms with Gasteiger partial charge in [0.15, 0.2) is 0 Å². The Kier molecular flexibility index (Phi) is 9.02. The summed E-state index contributed by atoms with van der Waals surface area (Å²) in [5.41, 5.74) is 0. The summed E-state index contributed by atoms with van der Waals surface area (Å²) >= 11 is 0. The van der Waals surface area contributed by atoms with Crippen LogP contribution in [0.3, 0.4) is 0 Å². The van der Waals surface area contributed by atoms with Gasteiger partial charge in [-0.05, 0) is 30.9 Å². The molecular formula is C17H27F2P. The van der Waals surface area contributed by atoms with Crippen LogP contribution in [0.2, 0.25) is 0 Å². The van der Waals surface area contributed by atoms with E-state index in [0.717, 1.165) is 23.7 Å². The maximum Gasteiger partial charge on any atom is 0.133 e. The third-order valence-electron chi connectivity index (χ3n) is 3.66. The van der Waals surface area contributed by atoms with Gasteiger partial charge in [-0.25, -0.2) is 8.78 Å². The largest absolute Gasteiger partial charge is 0.207 e. The van der Waals surface area contributed by atoms with Gasteiger partial charge in [0.25, 0.3) is 0 Å². The third-order valence-corrected chi connectivity index (χ3v) is 6.33. The second-order valence-corrected chi connectivity index (χ2v) is 7.94. The van der Waals surface area contributed by atoms with Gasteiger partial charge < -0.3 is 0 Å². The molecule has 0 aliphatic heterocycles. The number of hydrogen-bond donors (Lipinski definition) is 0. The van der Waals surface area contributed by atoms with Crippen molar-refractivity contribution in [1.29, 1.82) is 0 Å². The summed E-state index contributed by atoms with van der Waals surface area (Å²) < 4.78 is 26.7. The molecule has 1 aromatic rings. The van der Waals surface area contributed by atoms with E-state index in [4.69, 9.17) is 0 Å². The fourth-order valence-electron chi connectivity index (χ4n) is 2.45. The predicted molar refractivity (Wildman–Crippen MR) is 86.3 cm³/mol. The van der Waals surface area contributed by atoms with Gasteiger partial charge in [-0.2, -0.15) is 0 Å². The van der Waals surface area contributed by atoms with Crippen LogP contribution >= 0.6 is 7.92 Å². The molecule has 3 heteroatoms. The Balaban J connectivity index is 2.32. The van der Waals surface area contributed by atoms with Crippen molar-refractivity contribution in [3.63, 3.8) is 0 Å². The first-order valence-electron chi connectivity index (χ1n) is 7.89. The number of unbranched alkanes of at least 4 members (excludes halogenated alkanes) is 6. The van der Waals surface area contributed by atoms with Gasteiger partial charge in [0.05, 0.1) is 0 Å². The lowest BCUT2D eigenvalue weighted by Crippen LogP contribution is -2.10. The van der Waals surface area contributed by atoms with Crippen molar-refractivity contribution in [2.45, 2.75) is 58.8 Å². The van der Waals surface area contributed by atoms with Crippen LogP contribution in [0.4, 0.5) is 8.78 Å². The van der Waals surface area contributed by atoms with Crippen molar-refractivity contribution in [3.8, 4) is 0 Å². The molecule has 0 spiro atoms. The molecule has 1 atom stereocenters. The zero-order valence-corrected chi connectivity index (χ0v) is 13.7. The van der Waals surface area contributed by atoms with E-state index in [0.29, 0.717) is 0 Å². The summed E-state index contributed by atoms with van der Waals surface area (Å²) in [6.07, 6.45) is 11.0. The van der Waals surface area contributed by atoms with E-state index in [1.165, 1.54) is 51.0 Å². The lowest BCUT2D eigenvalue weighted by atomic mass is 10.1. The molecule has 0 heterocycles. The standard InChI is InChI=1S/C17H27F2P/c1-3-5-6-7-8-9-10-13-20(4-2)17-12-11-15(18)14-16(17)19/h11-12,14H,3-10,13H2,1-2H3. The fraction of sp³-hybridized carbons (Fsp3) is 0.647. The fourth-order valence-corrected chi connectivity index (χ4v) is 4.60. The molecule has 1 aromatic carbocycles. The Morgan fingerprint density at radius 3 is 2.15 bits per heavy atom. The molecule has 1 rings (SSSR count). The van der Waals surface area contributed by atoms with Gasteiger partial charge in [-0.1, -0.05) is 60.3 Å². The van der Waals surface area contributed by atoms with E-state index < -0.39 is 13.7 Å². The van der Waals surface area contributed by atoms with Crippen LogP contribution in [-0.2, 0) is 0 Å². The molecule has 0 saturated heterocycles. The van der Waals surface area contributed by atoms with Crippen molar-refractivity contribution in [1.82, 2.24) is 0 Å². The topological polar surface area (TPSA) is 0 Å². The summed E-state index contributed by atoms with van der Waals surface area (Å²) in [6.45, 7) is 4.33. The normalized spacial score (nSPS) is 12.6. The molecule has 114 valence electrons. The third kappa shape index (κ3) is 6.31. The molecule has 0 aromatic heterocycles. The quantitative estimate of drug-likeness (QED) is 0.376. The Labute approximate surface area is 123 Å². The molecular weight excluding hydrogens is 273 g/mol. The second kappa shape index (κ2) is 10.3. The molecule has 0 aliphatic carbocycles. The highest BCUT2D eigenvalue weighted by molar-refractivity contribution is 7.65. The Morgan fingerprint density at radius 2 is 1.55 bits per heavy atom. The van der Waals surface area contributed by atoms with Crippen LogP contribution in [0.15, 0.2) is 18.2 Å². The van der Waals surface area contributed by atoms with E-state index in [-0.39, 0.29) is 5.82 Å². The maximum absolute atomic E-state index is 13.8. The number of hydrogen-bond acceptors (Lipinski definition) is 0. The average Bonchev–Trinajstić information content (AvgIpc) is 2.43. The van der Waals surface area contributed by atoms with Crippen LogP contribution in [0.1, 0.15) is 58.8 Å². The minimum absolute atomic E-state index is 0.360. The zero-order valence-electron chi connectivity index (χ0n) is 12.8. The first kappa shape index (κ1) is 17.6. The van der Waals surface area contributed by atoms with Crippen LogP contribution in [0, 0.1) is 11.6 Å². The monoisotopic (exact) mass is 300 g/mol. The lowest BCUT2D eigenvalue weighted by molar-refractivity contribution is 0.588. The van der Waals surface area contributed by atoms with Crippen LogP contribution in [0.25, 0.3) is 0 Å². The molecule has 0 bridgehead atoms. The van der Waals surface area contributed by atoms with Crippen LogP contribution in [-0.4, -0.2) is 12.3 Å². The molecule has 0 aliphatic rings. The van der Waals surface area contributed by atoms with Gasteiger partial charge >= 0.3 is 0 Å². The van der Waals surface area contributed by atoms with E-state index in [1.54, 1.807) is 6.07 Å². The summed E-state index contributed by atoms with van der Waals surface area (Å²) in [5.74, 6) is -0.839. The number of halogens is 2. The van der Waals surface area contributed by atoms with Gasteiger partial charge in [0.1, 0.15) is 11.6 Å². The first-order chi connectivity index (χ1) is 9.69. The van der Waals surface area contributed by atoms with Gasteiger partial charge in [0.2, 0.25) is 0 Å². The molecule has 20 heavy (non-hydrogen) atoms. The Morgan fingerprint density at radius 1 is 0.900 bits per heavy atom. The Hall–Kier alpha value is -0.490. The highest BCUT2D eigenvalue weighted by Crippen LogP contribution is 2.36. The number of rotatable bonds is 10. The van der Waals surface area contributed by atoms with Crippen LogP contribution < -0.4 is 5.30 Å². The summed E-state index contributed by atoms with van der Waals surface area (Å²) in [6, 6.07) is 4.04. The average molecular weight is 300 g/mol. The van der Waals surface area contributed by atoms with E-state index in [1.807, 2.05) is 0 Å². The highest BCUT2D eigenvalue weighted by Gasteiger charge is 2.13. The molecule has 0 amide bonds. The second-order valence-electron chi connectivity index (χ2n) is 5.30. The van der Waals surface area contributed by atoms with Crippen molar-refractivity contribution in [2.75, 3.05) is 12.3 Å². The van der Waals surface area contributed by atoms with Crippen molar-refractivity contribution in [3.05, 3.63) is 29.8 Å². The SMILES string of the molecule is CCCCCCCCCP(CC)c1ccc(F)cc1F. The van der Waals surface area contributed by atoms with Crippen molar-refractivity contribution < 1.29 is 8.78 Å². The van der Waals surface area contributed by atoms with E-state index in [2.05, 4.69) is 13.8 Å². The minimum atomic E-state index is -0.478. The van der Waals surface area contributed by atoms with E-state index >= 15 is 0 Å². The molecule has 0 radical (unpaired) electrons. The molecule has 0 nitrogen and oxygen atoms in total. The lowest BCUT2D eigenvalue weighted by Gasteiger charge is -2.16. The van der Waals surface area contributed by atoms with Crippen molar-refractivity contribution >= 4 is 13.2 Å². The molecule has 0 N–H and O–H groups in total. The molecule has 1 unspecified atom stereocenters. The maximum atomic E-state index is 13.8. The zero-order chi connectivity index (χ0) is 14.8. The molecule has 0 saturated carbocycles. The predicted octanol–water partition coefficient (Wildman–Crippen LogP) is 5.84. The molecule has 0 fully saturated rings. The van der Waals surface area contributed by atoms with Gasteiger partial charge in [-0.3, -0.25) is 0 Å². The van der Waals surface area contributed by atoms with Crippen LogP contribution in [0.5, 0.6) is 0 Å². The van der Waals surface area contributed by atoms with Gasteiger partial charge in [0, 0.05) is 11.4 Å². The first-order valence-corrected chi connectivity index (χ1v) is 9.60. The summed E-state index contributed by atoms with van der Waals surface area (Å²) in [7, 11) is -0.456. The highest BCUT2D eigenvalue weighted by atomic mass is 31.1. The number of benzene rings is 1. The summed E-state index contributed by atoms with van der Waals surface area (Å²) in [5, 5.41) is 0.745. The van der Waals surface area contributed by atoms with Gasteiger partial charge in [-0.15, -0.1) is 0 Å². The minimum Gasteiger partial charge on any atom is -0.207 e. The summed E-state index contributed by atoms with van der Waals surface area (Å²) in [4.78, 5) is 0. The Bertz CT molecular complexity index is 379. The van der Waals surface area contributed by atoms with E-state index in [9.17, 15) is 8.78 Å². The smallest absolute Gasteiger partial charge is 0.133 e.